The zero-order valence-corrected chi connectivity index (χ0v) is 17.5. The summed E-state index contributed by atoms with van der Waals surface area (Å²) in [5.41, 5.74) is 4.07. The molecule has 150 valence electrons. The zero-order chi connectivity index (χ0) is 20.5. The summed E-state index contributed by atoms with van der Waals surface area (Å²) in [6.07, 6.45) is 1.68. The van der Waals surface area contributed by atoms with Gasteiger partial charge in [0.05, 0.1) is 7.11 Å². The molecule has 28 heavy (non-hydrogen) atoms. The summed E-state index contributed by atoms with van der Waals surface area (Å²) in [7, 11) is -2.28. The molecule has 0 spiro atoms. The van der Waals surface area contributed by atoms with Crippen molar-refractivity contribution in [2.75, 3.05) is 25.5 Å². The number of carbonyl (C=O) groups excluding carboxylic acids is 1. The maximum absolute atomic E-state index is 13.0. The predicted molar refractivity (Wildman–Crippen MR) is 110 cm³/mol. The fourth-order valence-corrected chi connectivity index (χ4v) is 5.35. The summed E-state index contributed by atoms with van der Waals surface area (Å²) in [5, 5.41) is 2.92. The van der Waals surface area contributed by atoms with E-state index in [1.54, 1.807) is 6.07 Å². The van der Waals surface area contributed by atoms with Crippen LogP contribution in [0.15, 0.2) is 35.2 Å². The van der Waals surface area contributed by atoms with Crippen LogP contribution in [-0.2, 0) is 10.0 Å². The summed E-state index contributed by atoms with van der Waals surface area (Å²) >= 11 is 0. The van der Waals surface area contributed by atoms with Gasteiger partial charge in [-0.25, -0.2) is 8.42 Å². The van der Waals surface area contributed by atoms with E-state index in [1.807, 2.05) is 32.9 Å². The van der Waals surface area contributed by atoms with E-state index < -0.39 is 10.0 Å². The second kappa shape index (κ2) is 7.93. The van der Waals surface area contributed by atoms with Crippen molar-refractivity contribution < 1.29 is 17.9 Å². The number of nitrogens with zero attached hydrogens (tertiary/aromatic N) is 1. The molecule has 0 atom stereocenters. The highest BCUT2D eigenvalue weighted by Crippen LogP contribution is 2.30. The number of rotatable bonds is 5. The van der Waals surface area contributed by atoms with Crippen LogP contribution in [-0.4, -0.2) is 38.8 Å². The van der Waals surface area contributed by atoms with Gasteiger partial charge >= 0.3 is 0 Å². The number of hydrogen-bond donors (Lipinski definition) is 1. The van der Waals surface area contributed by atoms with Gasteiger partial charge in [0.25, 0.3) is 5.91 Å². The molecule has 3 rings (SSSR count). The molecule has 0 saturated carbocycles. The highest BCUT2D eigenvalue weighted by atomic mass is 32.2. The van der Waals surface area contributed by atoms with E-state index in [1.165, 1.54) is 23.5 Å². The third-order valence-electron chi connectivity index (χ3n) is 5.02. The molecule has 1 aliphatic rings. The number of sulfonamides is 1. The first-order valence-electron chi connectivity index (χ1n) is 9.31. The Hall–Kier alpha value is -2.38. The van der Waals surface area contributed by atoms with E-state index in [2.05, 4.69) is 5.32 Å². The third-order valence-corrected chi connectivity index (χ3v) is 6.94. The Morgan fingerprint density at radius 3 is 2.21 bits per heavy atom. The Balaban J connectivity index is 1.96. The maximum Gasteiger partial charge on any atom is 0.255 e. The number of carbonyl (C=O) groups is 1. The van der Waals surface area contributed by atoms with Crippen molar-refractivity contribution in [3.05, 3.63) is 52.6 Å². The Morgan fingerprint density at radius 2 is 1.64 bits per heavy atom. The predicted octanol–water partition coefficient (Wildman–Crippen LogP) is 3.66. The van der Waals surface area contributed by atoms with Gasteiger partial charge in [0, 0.05) is 24.3 Å². The van der Waals surface area contributed by atoms with Gasteiger partial charge in [0.2, 0.25) is 10.0 Å². The highest BCUT2D eigenvalue weighted by Gasteiger charge is 2.30. The fraction of sp³-hybridized carbons (Fsp3) is 0.381. The molecule has 0 radical (unpaired) electrons. The van der Waals surface area contributed by atoms with Crippen LogP contribution in [0.1, 0.15) is 39.9 Å². The molecular weight excluding hydrogens is 376 g/mol. The van der Waals surface area contributed by atoms with E-state index in [0.717, 1.165) is 35.2 Å². The second-order valence-electron chi connectivity index (χ2n) is 7.20. The van der Waals surface area contributed by atoms with E-state index in [9.17, 15) is 13.2 Å². The standard InChI is InChI=1S/C21H26N2O4S/c1-14-11-15(2)20(16(3)12-14)22-21(24)17-7-8-18(27-4)19(13-17)28(25,26)23-9-5-6-10-23/h7-8,11-13H,5-6,9-10H2,1-4H3,(H,22,24). The number of ether oxygens (including phenoxy) is 1. The van der Waals surface area contributed by atoms with Gasteiger partial charge in [-0.2, -0.15) is 4.31 Å². The van der Waals surface area contributed by atoms with Crippen molar-refractivity contribution in [3.8, 4) is 5.75 Å². The topological polar surface area (TPSA) is 75.7 Å². The van der Waals surface area contributed by atoms with Gasteiger partial charge in [0.1, 0.15) is 10.6 Å². The smallest absolute Gasteiger partial charge is 0.255 e. The molecule has 1 N–H and O–H groups in total. The number of nitrogens with one attached hydrogen (secondary N) is 1. The molecule has 1 aliphatic heterocycles. The van der Waals surface area contributed by atoms with Crippen molar-refractivity contribution >= 4 is 21.6 Å². The average Bonchev–Trinajstić information content (AvgIpc) is 3.19. The van der Waals surface area contributed by atoms with Gasteiger partial charge in [-0.1, -0.05) is 17.7 Å². The Kier molecular flexibility index (Phi) is 5.76. The van der Waals surface area contributed by atoms with Crippen LogP contribution in [0.2, 0.25) is 0 Å². The van der Waals surface area contributed by atoms with Crippen LogP contribution < -0.4 is 10.1 Å². The van der Waals surface area contributed by atoms with Crippen molar-refractivity contribution in [1.29, 1.82) is 0 Å². The number of amides is 1. The fourth-order valence-electron chi connectivity index (χ4n) is 3.65. The molecule has 0 aromatic heterocycles. The first-order chi connectivity index (χ1) is 13.2. The SMILES string of the molecule is COc1ccc(C(=O)Nc2c(C)cc(C)cc2C)cc1S(=O)(=O)N1CCCC1. The Labute approximate surface area is 166 Å². The minimum atomic E-state index is -3.70. The van der Waals surface area contributed by atoms with Crippen molar-refractivity contribution in [3.63, 3.8) is 0 Å². The second-order valence-corrected chi connectivity index (χ2v) is 9.11. The molecule has 2 aromatic rings. The zero-order valence-electron chi connectivity index (χ0n) is 16.7. The lowest BCUT2D eigenvalue weighted by molar-refractivity contribution is 0.102. The van der Waals surface area contributed by atoms with Gasteiger partial charge in [0.15, 0.2) is 0 Å². The van der Waals surface area contributed by atoms with E-state index in [0.29, 0.717) is 13.1 Å². The average molecular weight is 403 g/mol. The Bertz CT molecular complexity index is 986. The molecule has 2 aromatic carbocycles. The monoisotopic (exact) mass is 402 g/mol. The molecule has 7 heteroatoms. The number of methoxy groups -OCH3 is 1. The minimum Gasteiger partial charge on any atom is -0.495 e. The first-order valence-corrected chi connectivity index (χ1v) is 10.8. The molecular formula is C21H26N2O4S. The third kappa shape index (κ3) is 3.91. The van der Waals surface area contributed by atoms with Crippen LogP contribution in [0.4, 0.5) is 5.69 Å². The molecule has 0 unspecified atom stereocenters. The quantitative estimate of drug-likeness (QED) is 0.828. The molecule has 1 fully saturated rings. The van der Waals surface area contributed by atoms with Crippen LogP contribution in [0, 0.1) is 20.8 Å². The Morgan fingerprint density at radius 1 is 1.04 bits per heavy atom. The lowest BCUT2D eigenvalue weighted by Gasteiger charge is -2.18. The van der Waals surface area contributed by atoms with E-state index in [-0.39, 0.29) is 22.1 Å². The molecule has 1 heterocycles. The molecule has 1 saturated heterocycles. The minimum absolute atomic E-state index is 0.0295. The molecule has 1 amide bonds. The number of benzene rings is 2. The van der Waals surface area contributed by atoms with Crippen molar-refractivity contribution in [1.82, 2.24) is 4.31 Å². The van der Waals surface area contributed by atoms with Crippen LogP contribution in [0.3, 0.4) is 0 Å². The first kappa shape index (κ1) is 20.4. The van der Waals surface area contributed by atoms with Crippen LogP contribution >= 0.6 is 0 Å². The summed E-state index contributed by atoms with van der Waals surface area (Å²) in [5.74, 6) is -0.110. The van der Waals surface area contributed by atoms with E-state index >= 15 is 0 Å². The lowest BCUT2D eigenvalue weighted by Crippen LogP contribution is -2.28. The van der Waals surface area contributed by atoms with Gasteiger partial charge in [-0.15, -0.1) is 0 Å². The van der Waals surface area contributed by atoms with Crippen molar-refractivity contribution in [2.45, 2.75) is 38.5 Å². The summed E-state index contributed by atoms with van der Waals surface area (Å²) in [6.45, 7) is 6.86. The number of hydrogen-bond acceptors (Lipinski definition) is 4. The largest absolute Gasteiger partial charge is 0.495 e. The molecule has 0 bridgehead atoms. The number of aryl methyl sites for hydroxylation is 3. The van der Waals surface area contributed by atoms with Crippen LogP contribution in [0.25, 0.3) is 0 Å². The number of anilines is 1. The van der Waals surface area contributed by atoms with Gasteiger partial charge < -0.3 is 10.1 Å². The lowest BCUT2D eigenvalue weighted by atomic mass is 10.0. The van der Waals surface area contributed by atoms with Crippen molar-refractivity contribution in [2.24, 2.45) is 0 Å². The summed E-state index contributed by atoms with van der Waals surface area (Å²) in [6, 6.07) is 8.52. The summed E-state index contributed by atoms with van der Waals surface area (Å²) < 4.78 is 32.7. The van der Waals surface area contributed by atoms with Crippen LogP contribution in [0.5, 0.6) is 5.75 Å². The summed E-state index contributed by atoms with van der Waals surface area (Å²) in [4.78, 5) is 12.9. The van der Waals surface area contributed by atoms with E-state index in [4.69, 9.17) is 4.74 Å². The van der Waals surface area contributed by atoms with Gasteiger partial charge in [-0.3, -0.25) is 4.79 Å². The van der Waals surface area contributed by atoms with Gasteiger partial charge in [-0.05, 0) is 62.9 Å². The maximum atomic E-state index is 13.0. The highest BCUT2D eigenvalue weighted by molar-refractivity contribution is 7.89. The molecule has 0 aliphatic carbocycles. The normalized spacial score (nSPS) is 14.9. The molecule has 6 nitrogen and oxygen atoms in total.